The normalized spacial score (nSPS) is 19.0. The van der Waals surface area contributed by atoms with Crippen molar-refractivity contribution in [1.82, 2.24) is 20.9 Å². The Balaban J connectivity index is -0.000000666. The number of carbonyl (C=O) groups excluding carboxylic acids is 3. The van der Waals surface area contributed by atoms with Gasteiger partial charge < -0.3 is 20.9 Å². The van der Waals surface area contributed by atoms with E-state index in [-0.39, 0.29) is 5.91 Å². The van der Waals surface area contributed by atoms with Crippen LogP contribution < -0.4 is 16.0 Å². The summed E-state index contributed by atoms with van der Waals surface area (Å²) in [5.41, 5.74) is 2.46. The zero-order valence-corrected chi connectivity index (χ0v) is 32.1. The van der Waals surface area contributed by atoms with E-state index in [0.29, 0.717) is 24.5 Å². The molecule has 0 bridgehead atoms. The Kier molecular flexibility index (Phi) is 36.8. The third-order valence-electron chi connectivity index (χ3n) is 6.52. The standard InChI is InChI=1S/C16H23N3O3S.C11H18S.C6H13N.2C2H6/c1-13(17-11-20)19(2)16(22)15(18-12-21)9-14-7-5-3-4-6-8-23-10-14;1-5-7-10(3)9-12-11(4)8-6-2;1-6-2-4-7-5-3-6;2*1-2/h3-6,10-13,15H,7-9H2,1-2H3,(H,17,20)(H,18,21);5-6,8-9,11H,1,7H2,2-4H3;6-7H,2-5H2,1H3;2*1-2H3/b5-3-,6-4-,14-10+;8-6-,10-9-;;;/t13-,15-;;;;/m1..../s1. The summed E-state index contributed by atoms with van der Waals surface area (Å²) in [6.07, 6.45) is 19.8. The van der Waals surface area contributed by atoms with E-state index >= 15 is 0 Å². The van der Waals surface area contributed by atoms with Gasteiger partial charge in [-0.1, -0.05) is 88.3 Å². The number of amides is 3. The monoisotopic (exact) mass is 678 g/mol. The van der Waals surface area contributed by atoms with Gasteiger partial charge in [-0.2, -0.15) is 0 Å². The van der Waals surface area contributed by atoms with Crippen LogP contribution in [0.15, 0.2) is 71.1 Å². The molecule has 2 aliphatic heterocycles. The third kappa shape index (κ3) is 27.8. The average molecular weight is 679 g/mol. The summed E-state index contributed by atoms with van der Waals surface area (Å²) in [6.45, 7) is 24.6. The number of hydrogen-bond donors (Lipinski definition) is 3. The maximum atomic E-state index is 12.5. The van der Waals surface area contributed by atoms with E-state index in [1.165, 1.54) is 36.4 Å². The molecule has 1 saturated heterocycles. The largest absolute Gasteiger partial charge is 0.347 e. The Morgan fingerprint density at radius 1 is 1.11 bits per heavy atom. The summed E-state index contributed by atoms with van der Waals surface area (Å²) >= 11 is 3.51. The van der Waals surface area contributed by atoms with E-state index in [4.69, 9.17) is 0 Å². The Hall–Kier alpha value is -2.49. The number of thioether (sulfide) groups is 2. The first kappa shape index (κ1) is 47.9. The highest BCUT2D eigenvalue weighted by Crippen LogP contribution is 2.19. The predicted molar refractivity (Wildman–Crippen MR) is 207 cm³/mol. The molecule has 0 aromatic carbocycles. The lowest BCUT2D eigenvalue weighted by molar-refractivity contribution is -0.136. The maximum Gasteiger partial charge on any atom is 0.246 e. The molecule has 1 unspecified atom stereocenters. The Morgan fingerprint density at radius 2 is 1.72 bits per heavy atom. The fourth-order valence-corrected chi connectivity index (χ4v) is 5.36. The van der Waals surface area contributed by atoms with E-state index in [9.17, 15) is 14.4 Å². The number of allylic oxidation sites excluding steroid dienone is 6. The molecule has 0 aromatic rings. The van der Waals surface area contributed by atoms with Gasteiger partial charge >= 0.3 is 0 Å². The second kappa shape index (κ2) is 35.4. The van der Waals surface area contributed by atoms with Gasteiger partial charge in [0.15, 0.2) is 0 Å². The first-order valence-corrected chi connectivity index (χ1v) is 18.7. The van der Waals surface area contributed by atoms with Gasteiger partial charge in [-0.05, 0) is 89.6 Å². The van der Waals surface area contributed by atoms with Crippen LogP contribution >= 0.6 is 23.5 Å². The number of nitrogens with zero attached hydrogens (tertiary/aromatic N) is 1. The fourth-order valence-electron chi connectivity index (χ4n) is 3.82. The van der Waals surface area contributed by atoms with Crippen molar-refractivity contribution in [3.05, 3.63) is 71.1 Å². The van der Waals surface area contributed by atoms with Crippen molar-refractivity contribution in [2.75, 3.05) is 25.9 Å². The van der Waals surface area contributed by atoms with Crippen molar-refractivity contribution in [3.8, 4) is 0 Å². The molecule has 9 heteroatoms. The van der Waals surface area contributed by atoms with Crippen LogP contribution in [0, 0.1) is 5.92 Å². The number of rotatable bonds is 13. The summed E-state index contributed by atoms with van der Waals surface area (Å²) in [6, 6.07) is -0.651. The Labute approximate surface area is 291 Å². The Morgan fingerprint density at radius 3 is 2.24 bits per heavy atom. The number of hydrogen-bond acceptors (Lipinski definition) is 6. The number of likely N-dealkylation sites (N-methyl/N-ethyl adjacent to an activating group) is 1. The highest BCUT2D eigenvalue weighted by atomic mass is 32.2. The summed E-state index contributed by atoms with van der Waals surface area (Å²) in [4.78, 5) is 35.3. The molecule has 2 aliphatic rings. The third-order valence-corrected chi connectivity index (χ3v) is 8.53. The molecule has 0 aromatic heterocycles. The van der Waals surface area contributed by atoms with Crippen LogP contribution in [0.1, 0.15) is 94.4 Å². The average Bonchev–Trinajstić information content (AvgIpc) is 3.20. The minimum Gasteiger partial charge on any atom is -0.347 e. The van der Waals surface area contributed by atoms with E-state index in [1.54, 1.807) is 25.7 Å². The van der Waals surface area contributed by atoms with Gasteiger partial charge in [0.25, 0.3) is 0 Å². The van der Waals surface area contributed by atoms with Gasteiger partial charge in [0.1, 0.15) is 12.2 Å². The van der Waals surface area contributed by atoms with Gasteiger partial charge in [0.05, 0.1) is 0 Å². The quantitative estimate of drug-likeness (QED) is 0.103. The molecule has 2 rings (SSSR count). The summed E-state index contributed by atoms with van der Waals surface area (Å²) < 4.78 is 0. The van der Waals surface area contributed by atoms with Crippen molar-refractivity contribution in [3.63, 3.8) is 0 Å². The van der Waals surface area contributed by atoms with Gasteiger partial charge in [0, 0.05) is 18.1 Å². The van der Waals surface area contributed by atoms with Gasteiger partial charge in [-0.25, -0.2) is 0 Å². The van der Waals surface area contributed by atoms with Crippen LogP contribution in [-0.2, 0) is 14.4 Å². The van der Waals surface area contributed by atoms with Crippen molar-refractivity contribution in [2.24, 2.45) is 5.92 Å². The minimum atomic E-state index is -0.651. The van der Waals surface area contributed by atoms with E-state index in [1.807, 2.05) is 69.2 Å². The minimum absolute atomic E-state index is 0.244. The molecule has 0 aliphatic carbocycles. The van der Waals surface area contributed by atoms with Crippen LogP contribution in [-0.4, -0.2) is 67.0 Å². The molecular formula is C37H66N4O3S2. The molecule has 264 valence electrons. The van der Waals surface area contributed by atoms with Crippen molar-refractivity contribution >= 4 is 42.3 Å². The number of carbonyl (C=O) groups is 3. The molecule has 1 fully saturated rings. The molecule has 3 amide bonds. The second-order valence-corrected chi connectivity index (χ2v) is 12.5. The maximum absolute atomic E-state index is 12.5. The van der Waals surface area contributed by atoms with Crippen molar-refractivity contribution < 1.29 is 14.4 Å². The van der Waals surface area contributed by atoms with E-state index in [2.05, 4.69) is 73.9 Å². The van der Waals surface area contributed by atoms with Crippen LogP contribution in [0.2, 0.25) is 0 Å². The van der Waals surface area contributed by atoms with Crippen LogP contribution in [0.25, 0.3) is 0 Å². The van der Waals surface area contributed by atoms with Gasteiger partial charge in [-0.15, -0.1) is 30.1 Å². The zero-order chi connectivity index (χ0) is 35.6. The molecule has 3 N–H and O–H groups in total. The predicted octanol–water partition coefficient (Wildman–Crippen LogP) is 8.40. The van der Waals surface area contributed by atoms with Crippen molar-refractivity contribution in [2.45, 2.75) is 112 Å². The first-order chi connectivity index (χ1) is 22.2. The Bertz CT molecular complexity index is 926. The van der Waals surface area contributed by atoms with Crippen LogP contribution in [0.5, 0.6) is 0 Å². The first-order valence-electron chi connectivity index (χ1n) is 16.7. The smallest absolute Gasteiger partial charge is 0.246 e. The van der Waals surface area contributed by atoms with E-state index < -0.39 is 12.2 Å². The molecule has 0 spiro atoms. The lowest BCUT2D eigenvalue weighted by Crippen LogP contribution is -2.51. The molecule has 2 heterocycles. The van der Waals surface area contributed by atoms with E-state index in [0.717, 1.165) is 30.1 Å². The summed E-state index contributed by atoms with van der Waals surface area (Å²) in [5, 5.41) is 13.3. The van der Waals surface area contributed by atoms with Gasteiger partial charge in [-0.3, -0.25) is 14.4 Å². The van der Waals surface area contributed by atoms with Gasteiger partial charge in [0.2, 0.25) is 18.7 Å². The number of nitrogens with one attached hydrogen (secondary N) is 3. The zero-order valence-electron chi connectivity index (χ0n) is 30.5. The molecule has 0 radical (unpaired) electrons. The fraction of sp³-hybridized carbons (Fsp3) is 0.595. The molecule has 0 saturated carbocycles. The topological polar surface area (TPSA) is 90.5 Å². The van der Waals surface area contributed by atoms with Crippen LogP contribution in [0.4, 0.5) is 0 Å². The molecule has 7 nitrogen and oxygen atoms in total. The second-order valence-electron chi connectivity index (χ2n) is 10.4. The lowest BCUT2D eigenvalue weighted by Gasteiger charge is -2.28. The van der Waals surface area contributed by atoms with Crippen molar-refractivity contribution in [1.29, 1.82) is 0 Å². The van der Waals surface area contributed by atoms with Crippen LogP contribution in [0.3, 0.4) is 0 Å². The molecule has 3 atom stereocenters. The summed E-state index contributed by atoms with van der Waals surface area (Å²) in [5.74, 6) is 1.60. The molecular weight excluding hydrogens is 613 g/mol. The lowest BCUT2D eigenvalue weighted by atomic mass is 10.0. The highest BCUT2D eigenvalue weighted by molar-refractivity contribution is 8.02. The summed E-state index contributed by atoms with van der Waals surface area (Å²) in [7, 11) is 1.60. The highest BCUT2D eigenvalue weighted by Gasteiger charge is 2.25. The number of piperidine rings is 1. The SMILES string of the molecule is C=CC/C(C)=C\SC(C)/C=C\C.CC.CC.CC1CCNCC1.C[C@H](NC=O)N(C)C(=O)[C@@H](C/C1=C/SC/C=C\C=C/C1)NC=O. The molecule has 46 heavy (non-hydrogen) atoms.